The molecule has 3 aromatic rings. The van der Waals surface area contributed by atoms with Crippen molar-refractivity contribution in [3.8, 4) is 0 Å². The van der Waals surface area contributed by atoms with Gasteiger partial charge in [0.05, 0.1) is 12.2 Å². The lowest BCUT2D eigenvalue weighted by Crippen LogP contribution is -2.12. The first-order valence-electron chi connectivity index (χ1n) is 8.62. The summed E-state index contributed by atoms with van der Waals surface area (Å²) in [6.07, 6.45) is 1.55. The molecule has 0 unspecified atom stereocenters. The monoisotopic (exact) mass is 395 g/mol. The molecule has 0 saturated heterocycles. The number of anilines is 3. The summed E-state index contributed by atoms with van der Waals surface area (Å²) >= 11 is 5.98. The van der Waals surface area contributed by atoms with Crippen LogP contribution in [0.25, 0.3) is 0 Å². The Kier molecular flexibility index (Phi) is 6.24. The van der Waals surface area contributed by atoms with Crippen molar-refractivity contribution in [2.24, 2.45) is 0 Å². The van der Waals surface area contributed by atoms with Crippen LogP contribution < -0.4 is 10.6 Å². The summed E-state index contributed by atoms with van der Waals surface area (Å²) in [4.78, 5) is 28.4. The van der Waals surface area contributed by atoms with Crippen LogP contribution in [-0.2, 0) is 4.74 Å². The second-order valence-electron chi connectivity index (χ2n) is 5.82. The maximum absolute atomic E-state index is 12.5. The van der Waals surface area contributed by atoms with Crippen LogP contribution in [-0.4, -0.2) is 23.5 Å². The van der Waals surface area contributed by atoms with Crippen LogP contribution in [0.15, 0.2) is 66.9 Å². The van der Waals surface area contributed by atoms with Gasteiger partial charge >= 0.3 is 5.97 Å². The molecule has 0 saturated carbocycles. The number of pyridine rings is 1. The van der Waals surface area contributed by atoms with Gasteiger partial charge < -0.3 is 15.4 Å². The highest BCUT2D eigenvalue weighted by molar-refractivity contribution is 6.30. The smallest absolute Gasteiger partial charge is 0.338 e. The van der Waals surface area contributed by atoms with E-state index in [0.717, 1.165) is 5.69 Å². The molecule has 2 aromatic carbocycles. The van der Waals surface area contributed by atoms with Crippen LogP contribution in [0.3, 0.4) is 0 Å². The Labute approximate surface area is 167 Å². The van der Waals surface area contributed by atoms with Gasteiger partial charge in [0.25, 0.3) is 5.91 Å². The molecule has 0 bridgehead atoms. The number of hydrogen-bond acceptors (Lipinski definition) is 5. The lowest BCUT2D eigenvalue weighted by Gasteiger charge is -2.09. The highest BCUT2D eigenvalue weighted by Crippen LogP contribution is 2.20. The SMILES string of the molecule is CCOC(=O)c1ccc(NC(=O)c2ccnc(Nc3cccc(Cl)c3)c2)cc1. The number of hydrogen-bond donors (Lipinski definition) is 2. The van der Waals surface area contributed by atoms with Crippen molar-refractivity contribution in [3.63, 3.8) is 0 Å². The van der Waals surface area contributed by atoms with Crippen LogP contribution in [0.1, 0.15) is 27.6 Å². The van der Waals surface area contributed by atoms with Crippen molar-refractivity contribution < 1.29 is 14.3 Å². The highest BCUT2D eigenvalue weighted by Gasteiger charge is 2.10. The van der Waals surface area contributed by atoms with Crippen molar-refractivity contribution in [1.29, 1.82) is 0 Å². The van der Waals surface area contributed by atoms with Crippen molar-refractivity contribution in [1.82, 2.24) is 4.98 Å². The van der Waals surface area contributed by atoms with E-state index in [1.54, 1.807) is 61.7 Å². The normalized spacial score (nSPS) is 10.2. The number of esters is 1. The molecule has 0 aliphatic heterocycles. The van der Waals surface area contributed by atoms with Crippen LogP contribution in [0.4, 0.5) is 17.2 Å². The van der Waals surface area contributed by atoms with Gasteiger partial charge in [0.1, 0.15) is 5.82 Å². The molecule has 28 heavy (non-hydrogen) atoms. The second kappa shape index (κ2) is 9.01. The number of nitrogens with zero attached hydrogens (tertiary/aromatic N) is 1. The number of carbonyl (C=O) groups excluding carboxylic acids is 2. The van der Waals surface area contributed by atoms with E-state index in [9.17, 15) is 9.59 Å². The van der Waals surface area contributed by atoms with Crippen LogP contribution >= 0.6 is 11.6 Å². The fourth-order valence-electron chi connectivity index (χ4n) is 2.46. The van der Waals surface area contributed by atoms with Gasteiger partial charge in [-0.05, 0) is 61.5 Å². The molecule has 6 nitrogen and oxygen atoms in total. The maximum Gasteiger partial charge on any atom is 0.338 e. The predicted octanol–water partition coefficient (Wildman–Crippen LogP) is 4.91. The maximum atomic E-state index is 12.5. The standard InChI is InChI=1S/C21H18ClN3O3/c1-2-28-21(27)14-6-8-17(9-7-14)25-20(26)15-10-11-23-19(12-15)24-18-5-3-4-16(22)13-18/h3-13H,2H2,1H3,(H,23,24)(H,25,26). The van der Waals surface area contributed by atoms with Crippen molar-refractivity contribution in [2.75, 3.05) is 17.2 Å². The van der Waals surface area contributed by atoms with Crippen molar-refractivity contribution in [2.45, 2.75) is 6.92 Å². The quantitative estimate of drug-likeness (QED) is 0.580. The van der Waals surface area contributed by atoms with Gasteiger partial charge in [0, 0.05) is 28.2 Å². The molecule has 1 heterocycles. The minimum Gasteiger partial charge on any atom is -0.462 e. The molecule has 0 atom stereocenters. The number of benzene rings is 2. The fourth-order valence-corrected chi connectivity index (χ4v) is 2.65. The predicted molar refractivity (Wildman–Crippen MR) is 109 cm³/mol. The number of carbonyl (C=O) groups is 2. The van der Waals surface area contributed by atoms with Crippen molar-refractivity contribution >= 4 is 40.7 Å². The number of ether oxygens (including phenoxy) is 1. The van der Waals surface area contributed by atoms with E-state index in [2.05, 4.69) is 15.6 Å². The zero-order valence-corrected chi connectivity index (χ0v) is 15.9. The molecule has 0 fully saturated rings. The van der Waals surface area contributed by atoms with E-state index < -0.39 is 5.97 Å². The van der Waals surface area contributed by atoms with Gasteiger partial charge in [-0.15, -0.1) is 0 Å². The summed E-state index contributed by atoms with van der Waals surface area (Å²) in [6.45, 7) is 2.06. The Morgan fingerprint density at radius 1 is 1.00 bits per heavy atom. The van der Waals surface area contributed by atoms with Gasteiger partial charge in [-0.2, -0.15) is 0 Å². The van der Waals surface area contributed by atoms with Gasteiger partial charge in [-0.3, -0.25) is 4.79 Å². The Bertz CT molecular complexity index is 990. The highest BCUT2D eigenvalue weighted by atomic mass is 35.5. The molecular formula is C21H18ClN3O3. The Balaban J connectivity index is 1.68. The lowest BCUT2D eigenvalue weighted by molar-refractivity contribution is 0.0526. The molecule has 0 aliphatic rings. The first kappa shape index (κ1) is 19.4. The first-order valence-corrected chi connectivity index (χ1v) is 9.00. The van der Waals surface area contributed by atoms with Gasteiger partial charge in [-0.1, -0.05) is 17.7 Å². The van der Waals surface area contributed by atoms with E-state index in [4.69, 9.17) is 16.3 Å². The largest absolute Gasteiger partial charge is 0.462 e. The molecule has 2 N–H and O–H groups in total. The Hall–Kier alpha value is -3.38. The van der Waals surface area contributed by atoms with E-state index in [0.29, 0.717) is 34.3 Å². The van der Waals surface area contributed by atoms with Crippen LogP contribution in [0.5, 0.6) is 0 Å². The Morgan fingerprint density at radius 3 is 2.50 bits per heavy atom. The molecular weight excluding hydrogens is 378 g/mol. The summed E-state index contributed by atoms with van der Waals surface area (Å²) in [5, 5.41) is 6.50. The molecule has 142 valence electrons. The van der Waals surface area contributed by atoms with E-state index >= 15 is 0 Å². The molecule has 3 rings (SSSR count). The molecule has 0 spiro atoms. The van der Waals surface area contributed by atoms with Crippen LogP contribution in [0, 0.1) is 0 Å². The lowest BCUT2D eigenvalue weighted by atomic mass is 10.2. The van der Waals surface area contributed by atoms with Gasteiger partial charge in [0.15, 0.2) is 0 Å². The third kappa shape index (κ3) is 5.08. The number of halogens is 1. The van der Waals surface area contributed by atoms with Gasteiger partial charge in [0.2, 0.25) is 0 Å². The summed E-state index contributed by atoms with van der Waals surface area (Å²) in [7, 11) is 0. The minimum absolute atomic E-state index is 0.291. The van der Waals surface area contributed by atoms with E-state index in [-0.39, 0.29) is 5.91 Å². The average Bonchev–Trinajstić information content (AvgIpc) is 2.69. The summed E-state index contributed by atoms with van der Waals surface area (Å²) in [5.41, 5.74) is 2.21. The number of amides is 1. The van der Waals surface area contributed by atoms with E-state index in [1.165, 1.54) is 0 Å². The zero-order valence-electron chi connectivity index (χ0n) is 15.1. The topological polar surface area (TPSA) is 80.3 Å². The molecule has 1 aromatic heterocycles. The van der Waals surface area contributed by atoms with Gasteiger partial charge in [-0.25, -0.2) is 9.78 Å². The van der Waals surface area contributed by atoms with Crippen LogP contribution in [0.2, 0.25) is 5.02 Å². The molecule has 7 heteroatoms. The molecule has 0 radical (unpaired) electrons. The van der Waals surface area contributed by atoms with Crippen molar-refractivity contribution in [3.05, 3.63) is 83.0 Å². The number of aromatic nitrogens is 1. The first-order chi connectivity index (χ1) is 13.5. The average molecular weight is 396 g/mol. The molecule has 1 amide bonds. The minimum atomic E-state index is -0.397. The molecule has 0 aliphatic carbocycles. The number of nitrogens with one attached hydrogen (secondary N) is 2. The summed E-state index contributed by atoms with van der Waals surface area (Å²) in [5.74, 6) is -0.167. The summed E-state index contributed by atoms with van der Waals surface area (Å²) in [6, 6.07) is 17.0. The zero-order chi connectivity index (χ0) is 19.9. The third-order valence-electron chi connectivity index (χ3n) is 3.77. The number of rotatable bonds is 6. The fraction of sp³-hybridized carbons (Fsp3) is 0.0952. The third-order valence-corrected chi connectivity index (χ3v) is 4.01. The van der Waals surface area contributed by atoms with E-state index in [1.807, 2.05) is 12.1 Å². The second-order valence-corrected chi connectivity index (χ2v) is 6.25. The Morgan fingerprint density at radius 2 is 1.79 bits per heavy atom. The summed E-state index contributed by atoms with van der Waals surface area (Å²) < 4.78 is 4.94.